The van der Waals surface area contributed by atoms with Crippen molar-refractivity contribution in [1.82, 2.24) is 0 Å². The van der Waals surface area contributed by atoms with Gasteiger partial charge in [0.25, 0.3) is 0 Å². The minimum Gasteiger partial charge on any atom is -0.491 e. The molecule has 0 amide bonds. The van der Waals surface area contributed by atoms with Gasteiger partial charge in [0, 0.05) is 5.92 Å². The lowest BCUT2D eigenvalue weighted by atomic mass is 9.96. The van der Waals surface area contributed by atoms with E-state index in [0.717, 1.165) is 5.75 Å². The number of hydrogen-bond acceptors (Lipinski definition) is 2. The fourth-order valence-corrected chi connectivity index (χ4v) is 2.58. The Kier molecular flexibility index (Phi) is 6.02. The highest BCUT2D eigenvalue weighted by Crippen LogP contribution is 2.23. The van der Waals surface area contributed by atoms with Crippen LogP contribution in [-0.2, 0) is 4.74 Å². The van der Waals surface area contributed by atoms with Crippen LogP contribution in [0.3, 0.4) is 0 Å². The Morgan fingerprint density at radius 2 is 1.45 bits per heavy atom. The lowest BCUT2D eigenvalue weighted by Gasteiger charge is -2.21. The summed E-state index contributed by atoms with van der Waals surface area (Å²) in [7, 11) is 0. The number of aryl methyl sites for hydroxylation is 2. The summed E-state index contributed by atoms with van der Waals surface area (Å²) in [6.45, 7) is 9.65. The summed E-state index contributed by atoms with van der Waals surface area (Å²) in [6.07, 6.45) is 0.170. The van der Waals surface area contributed by atoms with Crippen molar-refractivity contribution in [3.63, 3.8) is 0 Å². The Morgan fingerprint density at radius 1 is 0.818 bits per heavy atom. The molecule has 0 radical (unpaired) electrons. The molecule has 0 spiro atoms. The van der Waals surface area contributed by atoms with Crippen molar-refractivity contribution in [3.8, 4) is 5.75 Å². The van der Waals surface area contributed by atoms with Crippen LogP contribution in [-0.4, -0.2) is 19.3 Å². The highest BCUT2D eigenvalue weighted by Gasteiger charge is 2.14. The molecule has 2 aromatic carbocycles. The third-order valence-corrected chi connectivity index (χ3v) is 4.15. The fraction of sp³-hybridized carbons (Fsp3) is 0.400. The van der Waals surface area contributed by atoms with Crippen molar-refractivity contribution in [2.24, 2.45) is 0 Å². The van der Waals surface area contributed by atoms with Crippen LogP contribution in [0.2, 0.25) is 0 Å². The Morgan fingerprint density at radius 3 is 2.09 bits per heavy atom. The predicted octanol–water partition coefficient (Wildman–Crippen LogP) is 4.89. The lowest BCUT2D eigenvalue weighted by Crippen LogP contribution is -2.20. The fourth-order valence-electron chi connectivity index (χ4n) is 2.58. The maximum Gasteiger partial charge on any atom is 0.125 e. The van der Waals surface area contributed by atoms with Gasteiger partial charge in [-0.3, -0.25) is 0 Å². The summed E-state index contributed by atoms with van der Waals surface area (Å²) in [6, 6.07) is 16.7. The third kappa shape index (κ3) is 4.35. The maximum atomic E-state index is 5.93. The number of benzene rings is 2. The molecule has 2 unspecified atom stereocenters. The summed E-state index contributed by atoms with van der Waals surface area (Å²) < 4.78 is 11.8. The Hall–Kier alpha value is -1.80. The molecule has 2 nitrogen and oxygen atoms in total. The molecule has 0 aliphatic rings. The molecule has 2 aromatic rings. The highest BCUT2D eigenvalue weighted by atomic mass is 16.5. The van der Waals surface area contributed by atoms with Crippen LogP contribution < -0.4 is 4.74 Å². The smallest absolute Gasteiger partial charge is 0.125 e. The standard InChI is InChI=1S/C20H26O2/c1-15-9-8-10-16(2)20(15)22-14-13-21-18(4)17(3)19-11-6-5-7-12-19/h5-12,17-18H,13-14H2,1-4H3. The van der Waals surface area contributed by atoms with Gasteiger partial charge in [-0.15, -0.1) is 0 Å². The van der Waals surface area contributed by atoms with E-state index in [2.05, 4.69) is 70.2 Å². The van der Waals surface area contributed by atoms with Gasteiger partial charge in [0.1, 0.15) is 12.4 Å². The molecule has 0 bridgehead atoms. The monoisotopic (exact) mass is 298 g/mol. The van der Waals surface area contributed by atoms with Gasteiger partial charge in [0.05, 0.1) is 12.7 Å². The quantitative estimate of drug-likeness (QED) is 0.677. The van der Waals surface area contributed by atoms with Crippen LogP contribution in [0, 0.1) is 13.8 Å². The molecule has 0 aliphatic carbocycles. The van der Waals surface area contributed by atoms with E-state index in [0.29, 0.717) is 19.1 Å². The second kappa shape index (κ2) is 8.00. The van der Waals surface area contributed by atoms with Gasteiger partial charge in [-0.05, 0) is 37.5 Å². The van der Waals surface area contributed by atoms with Crippen molar-refractivity contribution in [3.05, 3.63) is 65.2 Å². The average Bonchev–Trinajstić information content (AvgIpc) is 2.53. The van der Waals surface area contributed by atoms with Gasteiger partial charge in [-0.25, -0.2) is 0 Å². The molecule has 0 heterocycles. The maximum absolute atomic E-state index is 5.93. The van der Waals surface area contributed by atoms with E-state index < -0.39 is 0 Å². The van der Waals surface area contributed by atoms with Crippen LogP contribution in [0.4, 0.5) is 0 Å². The van der Waals surface area contributed by atoms with E-state index in [1.807, 2.05) is 6.07 Å². The zero-order chi connectivity index (χ0) is 15.9. The molecule has 2 atom stereocenters. The Balaban J connectivity index is 1.79. The van der Waals surface area contributed by atoms with Crippen molar-refractivity contribution in [2.45, 2.75) is 39.7 Å². The average molecular weight is 298 g/mol. The molecule has 118 valence electrons. The molecule has 0 aromatic heterocycles. The van der Waals surface area contributed by atoms with Crippen molar-refractivity contribution < 1.29 is 9.47 Å². The minimum atomic E-state index is 0.170. The van der Waals surface area contributed by atoms with Crippen LogP contribution in [0.15, 0.2) is 48.5 Å². The first kappa shape index (κ1) is 16.6. The molecule has 0 N–H and O–H groups in total. The van der Waals surface area contributed by atoms with Crippen LogP contribution in [0.25, 0.3) is 0 Å². The number of hydrogen-bond donors (Lipinski definition) is 0. The van der Waals surface area contributed by atoms with Crippen LogP contribution in [0.1, 0.15) is 36.5 Å². The molecule has 2 heteroatoms. The van der Waals surface area contributed by atoms with Gasteiger partial charge < -0.3 is 9.47 Å². The van der Waals surface area contributed by atoms with E-state index in [4.69, 9.17) is 9.47 Å². The predicted molar refractivity (Wildman–Crippen MR) is 91.7 cm³/mol. The van der Waals surface area contributed by atoms with Gasteiger partial charge in [-0.2, -0.15) is 0 Å². The van der Waals surface area contributed by atoms with Crippen molar-refractivity contribution >= 4 is 0 Å². The zero-order valence-electron chi connectivity index (χ0n) is 14.0. The van der Waals surface area contributed by atoms with Crippen LogP contribution >= 0.6 is 0 Å². The largest absolute Gasteiger partial charge is 0.491 e. The molecule has 0 saturated heterocycles. The summed E-state index contributed by atoms with van der Waals surface area (Å²) >= 11 is 0. The summed E-state index contributed by atoms with van der Waals surface area (Å²) in [4.78, 5) is 0. The SMILES string of the molecule is Cc1cccc(C)c1OCCOC(C)C(C)c1ccccc1. The topological polar surface area (TPSA) is 18.5 Å². The van der Waals surface area contributed by atoms with Crippen molar-refractivity contribution in [2.75, 3.05) is 13.2 Å². The molecule has 0 fully saturated rings. The Labute approximate surface area is 134 Å². The van der Waals surface area contributed by atoms with E-state index >= 15 is 0 Å². The first-order valence-corrected chi connectivity index (χ1v) is 7.95. The lowest BCUT2D eigenvalue weighted by molar-refractivity contribution is 0.0316. The molecule has 2 rings (SSSR count). The van der Waals surface area contributed by atoms with E-state index in [9.17, 15) is 0 Å². The third-order valence-electron chi connectivity index (χ3n) is 4.15. The van der Waals surface area contributed by atoms with Gasteiger partial charge in [0.2, 0.25) is 0 Å². The number of ether oxygens (including phenoxy) is 2. The van der Waals surface area contributed by atoms with Crippen LogP contribution in [0.5, 0.6) is 5.75 Å². The first-order chi connectivity index (χ1) is 10.6. The normalized spacial score (nSPS) is 13.6. The second-order valence-electron chi connectivity index (χ2n) is 5.84. The van der Waals surface area contributed by atoms with E-state index in [1.54, 1.807) is 0 Å². The molecular formula is C20H26O2. The highest BCUT2D eigenvalue weighted by molar-refractivity contribution is 5.39. The summed E-state index contributed by atoms with van der Waals surface area (Å²) in [5.74, 6) is 1.36. The molecule has 0 aliphatic heterocycles. The van der Waals surface area contributed by atoms with Gasteiger partial charge in [-0.1, -0.05) is 55.5 Å². The minimum absolute atomic E-state index is 0.170. The number of para-hydroxylation sites is 1. The summed E-state index contributed by atoms with van der Waals surface area (Å²) in [5, 5.41) is 0. The van der Waals surface area contributed by atoms with Gasteiger partial charge in [0.15, 0.2) is 0 Å². The van der Waals surface area contributed by atoms with Crippen molar-refractivity contribution in [1.29, 1.82) is 0 Å². The molecule has 0 saturated carbocycles. The zero-order valence-corrected chi connectivity index (χ0v) is 14.0. The Bertz CT molecular complexity index is 557. The van der Waals surface area contributed by atoms with Gasteiger partial charge >= 0.3 is 0 Å². The summed E-state index contributed by atoms with van der Waals surface area (Å²) in [5.41, 5.74) is 3.65. The second-order valence-corrected chi connectivity index (χ2v) is 5.84. The first-order valence-electron chi connectivity index (χ1n) is 7.95. The van der Waals surface area contributed by atoms with E-state index in [-0.39, 0.29) is 6.10 Å². The van der Waals surface area contributed by atoms with E-state index in [1.165, 1.54) is 16.7 Å². The molecular weight excluding hydrogens is 272 g/mol. The molecule has 22 heavy (non-hydrogen) atoms. The number of rotatable bonds is 7.